The average Bonchev–Trinajstić information content (AvgIpc) is 2.44. The van der Waals surface area contributed by atoms with Crippen LogP contribution in [0.1, 0.15) is 30.4 Å². The van der Waals surface area contributed by atoms with Crippen LogP contribution in [0.3, 0.4) is 0 Å². The summed E-state index contributed by atoms with van der Waals surface area (Å²) in [6, 6.07) is 6.69. The molecule has 21 heavy (non-hydrogen) atoms. The number of carboxylic acid groups (broad SMARTS) is 1. The Kier molecular flexibility index (Phi) is 3.82. The van der Waals surface area contributed by atoms with Crippen LogP contribution in [0.4, 0.5) is 4.79 Å². The van der Waals surface area contributed by atoms with Crippen molar-refractivity contribution in [1.29, 1.82) is 0 Å². The van der Waals surface area contributed by atoms with Crippen molar-refractivity contribution in [3.8, 4) is 0 Å². The zero-order valence-corrected chi connectivity index (χ0v) is 11.9. The smallest absolute Gasteiger partial charge is 0.326 e. The molecule has 0 saturated heterocycles. The van der Waals surface area contributed by atoms with Crippen molar-refractivity contribution >= 4 is 12.0 Å². The van der Waals surface area contributed by atoms with Crippen molar-refractivity contribution in [2.75, 3.05) is 6.54 Å². The van der Waals surface area contributed by atoms with Crippen LogP contribution in [0.25, 0.3) is 0 Å². The first-order valence-electron chi connectivity index (χ1n) is 7.49. The van der Waals surface area contributed by atoms with Gasteiger partial charge in [-0.2, -0.15) is 0 Å². The van der Waals surface area contributed by atoms with E-state index in [9.17, 15) is 14.7 Å². The molecule has 0 bridgehead atoms. The number of carbonyl (C=O) groups excluding carboxylic acids is 1. The van der Waals surface area contributed by atoms with Gasteiger partial charge in [0.1, 0.15) is 6.04 Å². The predicted octanol–water partition coefficient (Wildman–Crippen LogP) is 2.01. The average molecular weight is 288 g/mol. The van der Waals surface area contributed by atoms with Gasteiger partial charge in [0.2, 0.25) is 0 Å². The fourth-order valence-corrected chi connectivity index (χ4v) is 2.99. The first-order valence-corrected chi connectivity index (χ1v) is 7.49. The second kappa shape index (κ2) is 5.76. The van der Waals surface area contributed by atoms with Gasteiger partial charge >= 0.3 is 12.0 Å². The minimum absolute atomic E-state index is 0.260. The minimum Gasteiger partial charge on any atom is -0.480 e. The fraction of sp³-hybridized carbons (Fsp3) is 0.500. The van der Waals surface area contributed by atoms with E-state index in [4.69, 9.17) is 0 Å². The molecule has 1 fully saturated rings. The lowest BCUT2D eigenvalue weighted by Gasteiger charge is -2.35. The largest absolute Gasteiger partial charge is 0.480 e. The van der Waals surface area contributed by atoms with E-state index in [1.54, 1.807) is 0 Å². The van der Waals surface area contributed by atoms with Gasteiger partial charge in [-0.15, -0.1) is 0 Å². The maximum Gasteiger partial charge on any atom is 0.326 e. The zero-order chi connectivity index (χ0) is 14.8. The van der Waals surface area contributed by atoms with E-state index in [0.29, 0.717) is 25.4 Å². The van der Waals surface area contributed by atoms with Gasteiger partial charge in [0, 0.05) is 19.5 Å². The van der Waals surface area contributed by atoms with Gasteiger partial charge in [-0.05, 0) is 29.9 Å². The molecule has 0 spiro atoms. The van der Waals surface area contributed by atoms with Crippen molar-refractivity contribution in [2.45, 2.75) is 38.3 Å². The molecular formula is C16H20N2O3. The molecule has 5 heteroatoms. The fourth-order valence-electron chi connectivity index (χ4n) is 2.99. The third-order valence-corrected chi connectivity index (χ3v) is 4.56. The van der Waals surface area contributed by atoms with Crippen molar-refractivity contribution < 1.29 is 14.7 Å². The summed E-state index contributed by atoms with van der Waals surface area (Å²) >= 11 is 0. The van der Waals surface area contributed by atoms with Gasteiger partial charge in [0.25, 0.3) is 0 Å². The summed E-state index contributed by atoms with van der Waals surface area (Å²) < 4.78 is 0. The van der Waals surface area contributed by atoms with Crippen molar-refractivity contribution in [1.82, 2.24) is 10.2 Å². The number of aliphatic carboxylic acids is 1. The van der Waals surface area contributed by atoms with E-state index in [0.717, 1.165) is 24.0 Å². The second-order valence-electron chi connectivity index (χ2n) is 5.94. The Balaban J connectivity index is 1.72. The van der Waals surface area contributed by atoms with Crippen LogP contribution in [0, 0.1) is 5.92 Å². The van der Waals surface area contributed by atoms with Gasteiger partial charge in [0.15, 0.2) is 0 Å². The molecule has 1 aromatic rings. The quantitative estimate of drug-likeness (QED) is 0.894. The van der Waals surface area contributed by atoms with E-state index in [-0.39, 0.29) is 6.03 Å². The molecule has 5 nitrogen and oxygen atoms in total. The SMILES string of the molecule is O=C(O)C1Cc2ccccc2CN1C(=O)NCC1CCC1. The van der Waals surface area contributed by atoms with Crippen molar-refractivity contribution in [2.24, 2.45) is 5.92 Å². The van der Waals surface area contributed by atoms with Crippen LogP contribution in [0.5, 0.6) is 0 Å². The number of amides is 2. The van der Waals surface area contributed by atoms with Crippen LogP contribution < -0.4 is 5.32 Å². The highest BCUT2D eigenvalue weighted by atomic mass is 16.4. The summed E-state index contributed by atoms with van der Waals surface area (Å²) in [5.74, 6) is -0.377. The normalized spacial score (nSPS) is 21.3. The highest BCUT2D eigenvalue weighted by molar-refractivity contribution is 5.83. The van der Waals surface area contributed by atoms with E-state index < -0.39 is 12.0 Å². The van der Waals surface area contributed by atoms with E-state index >= 15 is 0 Å². The summed E-state index contributed by atoms with van der Waals surface area (Å²) in [4.78, 5) is 25.2. The number of urea groups is 1. The Morgan fingerprint density at radius 3 is 2.57 bits per heavy atom. The lowest BCUT2D eigenvalue weighted by Crippen LogP contribution is -2.53. The van der Waals surface area contributed by atoms with Crippen molar-refractivity contribution in [3.05, 3.63) is 35.4 Å². The number of carboxylic acids is 1. The van der Waals surface area contributed by atoms with Gasteiger partial charge in [-0.25, -0.2) is 9.59 Å². The first kappa shape index (κ1) is 13.9. The molecule has 112 valence electrons. The standard InChI is InChI=1S/C16H20N2O3/c19-15(20)14-8-12-6-1-2-7-13(12)10-18(14)16(21)17-9-11-4-3-5-11/h1-2,6-7,11,14H,3-5,8-10H2,(H,17,21)(H,19,20). The number of hydrogen-bond acceptors (Lipinski definition) is 2. The van der Waals surface area contributed by atoms with E-state index in [1.807, 2.05) is 24.3 Å². The summed E-state index contributed by atoms with van der Waals surface area (Å²) in [5.41, 5.74) is 2.06. The molecule has 1 aliphatic carbocycles. The monoisotopic (exact) mass is 288 g/mol. The van der Waals surface area contributed by atoms with Crippen LogP contribution in [0.15, 0.2) is 24.3 Å². The molecule has 0 aromatic heterocycles. The highest BCUT2D eigenvalue weighted by Crippen LogP contribution is 2.26. The van der Waals surface area contributed by atoms with Gasteiger partial charge < -0.3 is 15.3 Å². The number of fused-ring (bicyclic) bond motifs is 1. The minimum atomic E-state index is -0.941. The van der Waals surface area contributed by atoms with E-state index in [1.165, 1.54) is 11.3 Å². The molecule has 1 aromatic carbocycles. The summed E-state index contributed by atoms with van der Waals surface area (Å²) in [6.45, 7) is 1.02. The van der Waals surface area contributed by atoms with Crippen LogP contribution in [-0.4, -0.2) is 34.6 Å². The Hall–Kier alpha value is -2.04. The molecule has 1 heterocycles. The predicted molar refractivity (Wildman–Crippen MR) is 77.9 cm³/mol. The molecule has 2 amide bonds. The number of nitrogens with one attached hydrogen (secondary N) is 1. The third kappa shape index (κ3) is 2.86. The number of hydrogen-bond donors (Lipinski definition) is 2. The van der Waals surface area contributed by atoms with Crippen LogP contribution >= 0.6 is 0 Å². The zero-order valence-electron chi connectivity index (χ0n) is 11.9. The Bertz CT molecular complexity index is 554. The topological polar surface area (TPSA) is 69.6 Å². The summed E-state index contributed by atoms with van der Waals surface area (Å²) in [7, 11) is 0. The lowest BCUT2D eigenvalue weighted by atomic mass is 9.85. The molecule has 1 aliphatic heterocycles. The van der Waals surface area contributed by atoms with Gasteiger partial charge in [-0.3, -0.25) is 0 Å². The summed E-state index contributed by atoms with van der Waals surface area (Å²) in [6.07, 6.45) is 3.93. The molecule has 0 radical (unpaired) electrons. The van der Waals surface area contributed by atoms with Gasteiger partial charge in [-0.1, -0.05) is 30.7 Å². The number of rotatable bonds is 3. The molecule has 1 atom stereocenters. The second-order valence-corrected chi connectivity index (χ2v) is 5.94. The summed E-state index contributed by atoms with van der Waals surface area (Å²) in [5, 5.41) is 12.3. The van der Waals surface area contributed by atoms with Crippen LogP contribution in [-0.2, 0) is 17.8 Å². The third-order valence-electron chi connectivity index (χ3n) is 4.56. The van der Waals surface area contributed by atoms with Gasteiger partial charge in [0.05, 0.1) is 0 Å². The van der Waals surface area contributed by atoms with Crippen LogP contribution in [0.2, 0.25) is 0 Å². The molecule has 1 unspecified atom stereocenters. The first-order chi connectivity index (χ1) is 10.1. The number of nitrogens with zero attached hydrogens (tertiary/aromatic N) is 1. The lowest BCUT2D eigenvalue weighted by molar-refractivity contribution is -0.142. The molecule has 2 N–H and O–H groups in total. The number of benzene rings is 1. The Morgan fingerprint density at radius 2 is 1.95 bits per heavy atom. The maximum atomic E-state index is 12.3. The highest BCUT2D eigenvalue weighted by Gasteiger charge is 2.34. The number of carbonyl (C=O) groups is 2. The molecule has 3 rings (SSSR count). The molecular weight excluding hydrogens is 268 g/mol. The molecule has 2 aliphatic rings. The maximum absolute atomic E-state index is 12.3. The molecule has 1 saturated carbocycles. The van der Waals surface area contributed by atoms with E-state index in [2.05, 4.69) is 5.32 Å². The van der Waals surface area contributed by atoms with Crippen molar-refractivity contribution in [3.63, 3.8) is 0 Å². The Labute approximate surface area is 123 Å². The Morgan fingerprint density at radius 1 is 1.24 bits per heavy atom.